The minimum absolute atomic E-state index is 0.0204. The highest BCUT2D eigenvalue weighted by molar-refractivity contribution is 4.91. The normalized spacial score (nSPS) is 31.7. The third-order valence-electron chi connectivity index (χ3n) is 4.03. The number of rotatable bonds is 5. The number of ether oxygens (including phenoxy) is 1. The van der Waals surface area contributed by atoms with Gasteiger partial charge in [0.25, 0.3) is 0 Å². The molecule has 2 aliphatic rings. The molecule has 2 fully saturated rings. The van der Waals surface area contributed by atoms with Gasteiger partial charge >= 0.3 is 5.66 Å². The second-order valence-electron chi connectivity index (χ2n) is 5.26. The molecule has 2 bridgehead atoms. The third kappa shape index (κ3) is 2.11. The molecule has 0 amide bonds. The molecule has 0 unspecified atom stereocenters. The van der Waals surface area contributed by atoms with Crippen molar-refractivity contribution in [2.24, 2.45) is 11.8 Å². The Hall–Kier alpha value is -1.24. The Morgan fingerprint density at radius 2 is 1.88 bits per heavy atom. The predicted octanol–water partition coefficient (Wildman–Crippen LogP) is 1.46. The predicted molar refractivity (Wildman–Crippen MR) is 57.6 cm³/mol. The van der Waals surface area contributed by atoms with E-state index in [-0.39, 0.29) is 6.10 Å². The van der Waals surface area contributed by atoms with Gasteiger partial charge in [0.2, 0.25) is 0 Å². The zero-order valence-electron chi connectivity index (χ0n) is 9.70. The summed E-state index contributed by atoms with van der Waals surface area (Å²) < 4.78 is 5.44. The molecular weight excluding hydrogens is 228 g/mol. The maximum absolute atomic E-state index is 10.7. The van der Waals surface area contributed by atoms with E-state index in [1.54, 1.807) is 0 Å². The van der Waals surface area contributed by atoms with Gasteiger partial charge in [-0.3, -0.25) is 20.2 Å². The first-order valence-corrected chi connectivity index (χ1v) is 5.84. The second-order valence-corrected chi connectivity index (χ2v) is 5.26. The average molecular weight is 244 g/mol. The highest BCUT2D eigenvalue weighted by Gasteiger charge is 2.52. The Morgan fingerprint density at radius 3 is 2.29 bits per heavy atom. The van der Waals surface area contributed by atoms with E-state index in [4.69, 9.17) is 4.74 Å². The summed E-state index contributed by atoms with van der Waals surface area (Å²) in [7, 11) is 0. The second kappa shape index (κ2) is 4.21. The molecule has 0 spiro atoms. The molecule has 96 valence electrons. The maximum Gasteiger partial charge on any atom is 0.478 e. The number of nitro groups is 2. The van der Waals surface area contributed by atoms with Crippen molar-refractivity contribution >= 4 is 0 Å². The zero-order valence-corrected chi connectivity index (χ0v) is 9.70. The highest BCUT2D eigenvalue weighted by atomic mass is 16.7. The van der Waals surface area contributed by atoms with Crippen molar-refractivity contribution in [3.63, 3.8) is 0 Å². The number of hydrogen-bond donors (Lipinski definition) is 0. The summed E-state index contributed by atoms with van der Waals surface area (Å²) in [5.74, 6) is 1.10. The van der Waals surface area contributed by atoms with Crippen LogP contribution in [0, 0.1) is 32.1 Å². The van der Waals surface area contributed by atoms with Crippen molar-refractivity contribution in [2.75, 3.05) is 6.61 Å². The van der Waals surface area contributed by atoms with Crippen LogP contribution in [-0.4, -0.2) is 28.2 Å². The molecule has 2 rings (SSSR count). The van der Waals surface area contributed by atoms with E-state index in [9.17, 15) is 20.2 Å². The van der Waals surface area contributed by atoms with Crippen LogP contribution in [-0.2, 0) is 4.74 Å². The Kier molecular flexibility index (Phi) is 3.03. The van der Waals surface area contributed by atoms with Gasteiger partial charge in [-0.1, -0.05) is 0 Å². The number of hydrogen-bond acceptors (Lipinski definition) is 5. The summed E-state index contributed by atoms with van der Waals surface area (Å²) in [5, 5.41) is 21.4. The molecule has 0 saturated heterocycles. The molecular formula is C10H16N2O5. The summed E-state index contributed by atoms with van der Waals surface area (Å²) in [6.45, 7) is 0.557. The zero-order chi connectivity index (χ0) is 12.6. The first-order chi connectivity index (χ1) is 7.93. The smallest absolute Gasteiger partial charge is 0.363 e. The lowest BCUT2D eigenvalue weighted by Gasteiger charge is -2.23. The summed E-state index contributed by atoms with van der Waals surface area (Å²) in [6.07, 6.45) is 4.27. The molecule has 7 nitrogen and oxygen atoms in total. The summed E-state index contributed by atoms with van der Waals surface area (Å²) in [5.41, 5.74) is -2.22. The first kappa shape index (κ1) is 12.2. The van der Waals surface area contributed by atoms with Crippen LogP contribution in [0.5, 0.6) is 0 Å². The minimum atomic E-state index is -2.22. The number of nitrogens with zero attached hydrogens (tertiary/aromatic N) is 2. The van der Waals surface area contributed by atoms with Crippen LogP contribution in [0.1, 0.15) is 32.6 Å². The largest absolute Gasteiger partial charge is 0.478 e. The van der Waals surface area contributed by atoms with E-state index in [2.05, 4.69) is 0 Å². The van der Waals surface area contributed by atoms with Crippen molar-refractivity contribution in [1.82, 2.24) is 0 Å². The van der Waals surface area contributed by atoms with Crippen LogP contribution in [0.15, 0.2) is 0 Å². The Labute approximate surface area is 98.4 Å². The van der Waals surface area contributed by atoms with Crippen molar-refractivity contribution < 1.29 is 14.6 Å². The molecule has 0 aromatic heterocycles. The molecule has 17 heavy (non-hydrogen) atoms. The Balaban J connectivity index is 1.92. The fourth-order valence-corrected chi connectivity index (χ4v) is 2.83. The van der Waals surface area contributed by atoms with Gasteiger partial charge in [0.1, 0.15) is 9.85 Å². The van der Waals surface area contributed by atoms with Gasteiger partial charge in [-0.25, -0.2) is 0 Å². The van der Waals surface area contributed by atoms with Gasteiger partial charge in [0, 0.05) is 0 Å². The van der Waals surface area contributed by atoms with E-state index in [1.165, 1.54) is 6.42 Å². The van der Waals surface area contributed by atoms with Crippen molar-refractivity contribution in [3.8, 4) is 0 Å². The van der Waals surface area contributed by atoms with Crippen LogP contribution in [0.25, 0.3) is 0 Å². The molecule has 0 aliphatic heterocycles. The van der Waals surface area contributed by atoms with Crippen molar-refractivity contribution in [3.05, 3.63) is 20.2 Å². The SMILES string of the molecule is CC(CO[C@H]1C[C@@H]2CC[C@H]1C2)([N+](=O)[O-])[N+](=O)[O-]. The lowest BCUT2D eigenvalue weighted by molar-refractivity contribution is -0.794. The van der Waals surface area contributed by atoms with Gasteiger partial charge in [-0.05, 0) is 37.5 Å². The molecule has 0 radical (unpaired) electrons. The van der Waals surface area contributed by atoms with E-state index in [0.717, 1.165) is 26.2 Å². The number of fused-ring (bicyclic) bond motifs is 2. The summed E-state index contributed by atoms with van der Waals surface area (Å²) in [6, 6.07) is 0. The van der Waals surface area contributed by atoms with Crippen molar-refractivity contribution in [1.29, 1.82) is 0 Å². The molecule has 3 atom stereocenters. The highest BCUT2D eigenvalue weighted by Crippen LogP contribution is 2.46. The minimum Gasteiger partial charge on any atom is -0.363 e. The van der Waals surface area contributed by atoms with Gasteiger partial charge in [-0.15, -0.1) is 0 Å². The first-order valence-electron chi connectivity index (χ1n) is 5.84. The quantitative estimate of drug-likeness (QED) is 0.414. The molecule has 2 aliphatic carbocycles. The molecule has 0 aromatic rings. The van der Waals surface area contributed by atoms with E-state index >= 15 is 0 Å². The van der Waals surface area contributed by atoms with Gasteiger partial charge in [0.15, 0.2) is 6.61 Å². The molecule has 0 heterocycles. The molecule has 0 aromatic carbocycles. The lowest BCUT2D eigenvalue weighted by Crippen LogP contribution is -2.48. The molecule has 0 N–H and O–H groups in total. The van der Waals surface area contributed by atoms with E-state index in [1.807, 2.05) is 0 Å². The van der Waals surface area contributed by atoms with Crippen LogP contribution in [0.4, 0.5) is 0 Å². The topological polar surface area (TPSA) is 95.5 Å². The monoisotopic (exact) mass is 244 g/mol. The summed E-state index contributed by atoms with van der Waals surface area (Å²) >= 11 is 0. The summed E-state index contributed by atoms with van der Waals surface area (Å²) in [4.78, 5) is 19.7. The Bertz CT molecular complexity index is 332. The van der Waals surface area contributed by atoms with E-state index in [0.29, 0.717) is 11.8 Å². The van der Waals surface area contributed by atoms with Gasteiger partial charge < -0.3 is 4.74 Å². The van der Waals surface area contributed by atoms with Crippen LogP contribution >= 0.6 is 0 Å². The average Bonchev–Trinajstić information content (AvgIpc) is 2.86. The van der Waals surface area contributed by atoms with Crippen LogP contribution in [0.2, 0.25) is 0 Å². The van der Waals surface area contributed by atoms with Crippen molar-refractivity contribution in [2.45, 2.75) is 44.4 Å². The maximum atomic E-state index is 10.7. The van der Waals surface area contributed by atoms with E-state index < -0.39 is 22.1 Å². The fourth-order valence-electron chi connectivity index (χ4n) is 2.83. The lowest BCUT2D eigenvalue weighted by atomic mass is 9.98. The fraction of sp³-hybridized carbons (Fsp3) is 1.00. The molecule has 2 saturated carbocycles. The third-order valence-corrected chi connectivity index (χ3v) is 4.03. The van der Waals surface area contributed by atoms with Crippen LogP contribution < -0.4 is 0 Å². The standard InChI is InChI=1S/C10H16N2O5/c1-10(11(13)14,12(15)16)6-17-9-5-7-2-3-8(9)4-7/h7-9H,2-6H2,1H3/t7-,8+,9+/m1/s1. The van der Waals surface area contributed by atoms with Gasteiger partial charge in [0.05, 0.1) is 13.0 Å². The Morgan fingerprint density at radius 1 is 1.24 bits per heavy atom. The molecule has 7 heteroatoms. The van der Waals surface area contributed by atoms with Crippen LogP contribution in [0.3, 0.4) is 0 Å². The van der Waals surface area contributed by atoms with Gasteiger partial charge in [-0.2, -0.15) is 0 Å².